The molecule has 8 aromatic carbocycles. The van der Waals surface area contributed by atoms with Crippen LogP contribution >= 0.6 is 11.3 Å². The summed E-state index contributed by atoms with van der Waals surface area (Å²) in [5, 5.41) is 7.43. The lowest BCUT2D eigenvalue weighted by Crippen LogP contribution is -2.56. The van der Waals surface area contributed by atoms with Gasteiger partial charge in [0.15, 0.2) is 5.58 Å². The molecule has 3 nitrogen and oxygen atoms in total. The van der Waals surface area contributed by atoms with Crippen molar-refractivity contribution >= 4 is 110 Å². The van der Waals surface area contributed by atoms with E-state index in [1.165, 1.54) is 92.3 Å². The normalized spacial score (nSPS) is 13.5. The van der Waals surface area contributed by atoms with Crippen LogP contribution in [0.15, 0.2) is 162 Å². The van der Waals surface area contributed by atoms with Gasteiger partial charge in [-0.1, -0.05) is 130 Å². The first-order chi connectivity index (χ1) is 27.9. The van der Waals surface area contributed by atoms with Crippen LogP contribution in [0.5, 0.6) is 0 Å². The first kappa shape index (κ1) is 31.6. The average molecular weight is 747 g/mol. The number of fused-ring (bicyclic) bond motifs is 15. The highest BCUT2D eigenvalue weighted by atomic mass is 32.1. The Morgan fingerprint density at radius 1 is 0.579 bits per heavy atom. The maximum Gasteiger partial charge on any atom is 0.333 e. The molecule has 5 heterocycles. The van der Waals surface area contributed by atoms with Crippen molar-refractivity contribution in [1.29, 1.82) is 0 Å². The van der Waals surface area contributed by atoms with E-state index in [0.717, 1.165) is 27.5 Å². The number of rotatable bonds is 2. The van der Waals surface area contributed by atoms with E-state index in [1.54, 1.807) is 0 Å². The Bertz CT molecular complexity index is 3530. The van der Waals surface area contributed by atoms with Crippen molar-refractivity contribution in [3.8, 4) is 22.3 Å². The lowest BCUT2D eigenvalue weighted by molar-refractivity contribution is 0.590. The summed E-state index contributed by atoms with van der Waals surface area (Å²) in [6.07, 6.45) is 0. The molecule has 0 spiro atoms. The van der Waals surface area contributed by atoms with Crippen molar-refractivity contribution < 1.29 is 4.42 Å². The van der Waals surface area contributed by atoms with E-state index in [9.17, 15) is 0 Å². The smallest absolute Gasteiger partial charge is 0.333 e. The van der Waals surface area contributed by atoms with Crippen molar-refractivity contribution in [2.75, 3.05) is 4.90 Å². The zero-order valence-electron chi connectivity index (χ0n) is 31.8. The van der Waals surface area contributed by atoms with E-state index in [4.69, 9.17) is 4.42 Å². The molecule has 2 aliphatic rings. The first-order valence-corrected chi connectivity index (χ1v) is 20.7. The molecule has 3 aromatic heterocycles. The van der Waals surface area contributed by atoms with Crippen LogP contribution in [0, 0.1) is 0 Å². The fourth-order valence-electron chi connectivity index (χ4n) is 10.2. The predicted molar refractivity (Wildman–Crippen MR) is 244 cm³/mol. The molecule has 0 atom stereocenters. The highest BCUT2D eigenvalue weighted by molar-refractivity contribution is 7.26. The SMILES string of the molecule is CC(C)(C)c1ccc(N2c3cc4ccccc4c4c3B(c3ccc5sc6ccccc6c5c32)n2c3c-4cccc3c3oc4ccccc4c32)c(-c2ccccc2)c1. The second-order valence-corrected chi connectivity index (χ2v) is 17.9. The summed E-state index contributed by atoms with van der Waals surface area (Å²) in [6, 6.07) is 58.8. The number of hydrogen-bond donors (Lipinski definition) is 0. The molecule has 57 heavy (non-hydrogen) atoms. The second-order valence-electron chi connectivity index (χ2n) is 16.8. The van der Waals surface area contributed by atoms with Gasteiger partial charge in [-0.15, -0.1) is 11.3 Å². The molecular weight excluding hydrogens is 711 g/mol. The van der Waals surface area contributed by atoms with E-state index in [2.05, 4.69) is 188 Å². The van der Waals surface area contributed by atoms with Gasteiger partial charge in [-0.05, 0) is 92.3 Å². The maximum absolute atomic E-state index is 6.83. The molecule has 0 saturated heterocycles. The fraction of sp³-hybridized carbons (Fsp3) is 0.0769. The van der Waals surface area contributed by atoms with E-state index in [0.29, 0.717) is 0 Å². The number of thiophene rings is 1. The number of nitrogens with zero attached hydrogens (tertiary/aromatic N) is 2. The fourth-order valence-corrected chi connectivity index (χ4v) is 11.3. The molecule has 268 valence electrons. The molecular formula is C52H35BN2OS. The summed E-state index contributed by atoms with van der Waals surface area (Å²) in [4.78, 5) is 2.65. The molecule has 0 saturated carbocycles. The quantitative estimate of drug-likeness (QED) is 0.164. The van der Waals surface area contributed by atoms with Gasteiger partial charge in [-0.25, -0.2) is 0 Å². The topological polar surface area (TPSA) is 21.3 Å². The van der Waals surface area contributed by atoms with Gasteiger partial charge >= 0.3 is 6.85 Å². The zero-order chi connectivity index (χ0) is 37.7. The Labute approximate surface area is 334 Å². The van der Waals surface area contributed by atoms with Crippen LogP contribution in [0.1, 0.15) is 26.3 Å². The molecule has 0 N–H and O–H groups in total. The van der Waals surface area contributed by atoms with Crippen molar-refractivity contribution in [1.82, 2.24) is 4.48 Å². The minimum atomic E-state index is -0.0983. The van der Waals surface area contributed by atoms with Crippen LogP contribution < -0.4 is 15.8 Å². The van der Waals surface area contributed by atoms with E-state index in [-0.39, 0.29) is 12.3 Å². The van der Waals surface area contributed by atoms with Crippen LogP contribution in [0.3, 0.4) is 0 Å². The molecule has 0 bridgehead atoms. The van der Waals surface area contributed by atoms with E-state index in [1.807, 2.05) is 11.3 Å². The van der Waals surface area contributed by atoms with Crippen LogP contribution in [-0.4, -0.2) is 11.3 Å². The van der Waals surface area contributed by atoms with Gasteiger partial charge in [0, 0.05) is 53.3 Å². The van der Waals surface area contributed by atoms with Gasteiger partial charge in [-0.3, -0.25) is 0 Å². The summed E-state index contributed by atoms with van der Waals surface area (Å²) < 4.78 is 12.1. The molecule has 13 rings (SSSR count). The summed E-state index contributed by atoms with van der Waals surface area (Å²) in [6.45, 7) is 6.84. The number of aromatic nitrogens is 1. The number of benzene rings is 8. The van der Waals surface area contributed by atoms with Crippen molar-refractivity contribution in [2.45, 2.75) is 26.2 Å². The molecule has 11 aromatic rings. The monoisotopic (exact) mass is 746 g/mol. The summed E-state index contributed by atoms with van der Waals surface area (Å²) >= 11 is 1.89. The summed E-state index contributed by atoms with van der Waals surface area (Å²) in [5.74, 6) is 0. The van der Waals surface area contributed by atoms with Crippen LogP contribution in [0.25, 0.3) is 86.2 Å². The third-order valence-corrected chi connectivity index (χ3v) is 13.8. The maximum atomic E-state index is 6.83. The molecule has 2 aliphatic heterocycles. The first-order valence-electron chi connectivity index (χ1n) is 19.9. The molecule has 0 radical (unpaired) electrons. The Balaban J connectivity index is 1.27. The lowest BCUT2D eigenvalue weighted by atomic mass is 9.44. The highest BCUT2D eigenvalue weighted by Gasteiger charge is 2.45. The molecule has 0 aliphatic carbocycles. The summed E-state index contributed by atoms with van der Waals surface area (Å²) in [7, 11) is 0. The Hall–Kier alpha value is -6.56. The molecule has 0 unspecified atom stereocenters. The van der Waals surface area contributed by atoms with E-state index < -0.39 is 0 Å². The van der Waals surface area contributed by atoms with Gasteiger partial charge in [0.05, 0.1) is 16.9 Å². The van der Waals surface area contributed by atoms with Crippen molar-refractivity contribution in [3.63, 3.8) is 0 Å². The van der Waals surface area contributed by atoms with Crippen LogP contribution in [0.2, 0.25) is 0 Å². The minimum Gasteiger partial charge on any atom is -0.454 e. The van der Waals surface area contributed by atoms with Gasteiger partial charge in [0.25, 0.3) is 0 Å². The van der Waals surface area contributed by atoms with Crippen LogP contribution in [-0.2, 0) is 5.41 Å². The van der Waals surface area contributed by atoms with Gasteiger partial charge in [-0.2, -0.15) is 0 Å². The second kappa shape index (κ2) is 11.1. The number of anilines is 3. The van der Waals surface area contributed by atoms with Crippen molar-refractivity contribution in [2.24, 2.45) is 0 Å². The zero-order valence-corrected chi connectivity index (χ0v) is 32.6. The Morgan fingerprint density at radius 2 is 1.33 bits per heavy atom. The lowest BCUT2D eigenvalue weighted by Gasteiger charge is -2.42. The Morgan fingerprint density at radius 3 is 2.19 bits per heavy atom. The minimum absolute atomic E-state index is 0.0197. The number of furan rings is 1. The third-order valence-electron chi connectivity index (χ3n) is 12.7. The van der Waals surface area contributed by atoms with E-state index >= 15 is 0 Å². The molecule has 0 fully saturated rings. The van der Waals surface area contributed by atoms with Crippen molar-refractivity contribution in [3.05, 3.63) is 163 Å². The standard InChI is InChI=1S/C52H35BN2OS/c1-52(2,3)32-24-26-40(38(29-32)30-14-5-4-6-15-30)54-41-28-31-16-7-8-17-33(31)45-36-20-13-21-37-48(36)55(49-34-18-9-11-22-42(34)56-51(37)49)53(47(41)45)39-25-27-44-46(50(39)54)35-19-10-12-23-43(35)57-44/h4-29H,1-3H3. The van der Waals surface area contributed by atoms with Gasteiger partial charge < -0.3 is 13.8 Å². The Kier molecular flexibility index (Phi) is 6.14. The summed E-state index contributed by atoms with van der Waals surface area (Å²) in [5.41, 5.74) is 16.9. The average Bonchev–Trinajstić information content (AvgIpc) is 3.91. The number of hydrogen-bond acceptors (Lipinski definition) is 3. The largest absolute Gasteiger partial charge is 0.454 e. The molecule has 0 amide bonds. The highest BCUT2D eigenvalue weighted by Crippen LogP contribution is 2.53. The van der Waals surface area contributed by atoms with Crippen LogP contribution in [0.4, 0.5) is 17.1 Å². The van der Waals surface area contributed by atoms with Gasteiger partial charge in [0.2, 0.25) is 0 Å². The predicted octanol–water partition coefficient (Wildman–Crippen LogP) is 13.4. The third kappa shape index (κ3) is 4.12. The number of para-hydroxylation sites is 2. The van der Waals surface area contributed by atoms with Gasteiger partial charge in [0.1, 0.15) is 5.58 Å². The molecule has 5 heteroatoms.